The number of benzene rings is 11. The molecular weight excluding hydrogens is 647 g/mol. The third-order valence-electron chi connectivity index (χ3n) is 11.3. The zero-order valence-corrected chi connectivity index (χ0v) is 28.9. The Labute approximate surface area is 305 Å². The van der Waals surface area contributed by atoms with Crippen LogP contribution in [0, 0.1) is 0 Å². The molecule has 1 heterocycles. The molecule has 1 aliphatic heterocycles. The SMILES string of the molecule is c1ccc(N2c3ccc(-c4ccc5ccc6cccc7ccc4c5c67)cc3Sc3cc(-c4ccc5ccc6cccc7ccc4c5c67)ccc32)cc1. The highest BCUT2D eigenvalue weighted by atomic mass is 32.2. The van der Waals surface area contributed by atoms with Crippen molar-refractivity contribution in [2.24, 2.45) is 0 Å². The number of anilines is 3. The lowest BCUT2D eigenvalue weighted by Gasteiger charge is -2.33. The lowest BCUT2D eigenvalue weighted by molar-refractivity contribution is 1.17. The molecule has 0 radical (unpaired) electrons. The van der Waals surface area contributed by atoms with Gasteiger partial charge in [-0.3, -0.25) is 0 Å². The van der Waals surface area contributed by atoms with Crippen LogP contribution < -0.4 is 4.90 Å². The van der Waals surface area contributed by atoms with Crippen LogP contribution in [0.15, 0.2) is 186 Å². The maximum Gasteiger partial charge on any atom is 0.0602 e. The molecule has 1 aliphatic rings. The van der Waals surface area contributed by atoms with Crippen LogP contribution in [0.2, 0.25) is 0 Å². The molecular formula is C50H29NS. The largest absolute Gasteiger partial charge is 0.308 e. The van der Waals surface area contributed by atoms with Gasteiger partial charge >= 0.3 is 0 Å². The van der Waals surface area contributed by atoms with Crippen molar-refractivity contribution in [1.82, 2.24) is 0 Å². The molecule has 1 nitrogen and oxygen atoms in total. The van der Waals surface area contributed by atoms with Crippen LogP contribution in [0.5, 0.6) is 0 Å². The molecule has 0 spiro atoms. The van der Waals surface area contributed by atoms with Gasteiger partial charge in [-0.2, -0.15) is 0 Å². The summed E-state index contributed by atoms with van der Waals surface area (Å²) >= 11 is 1.88. The van der Waals surface area contributed by atoms with E-state index in [2.05, 4.69) is 181 Å². The van der Waals surface area contributed by atoms with Crippen molar-refractivity contribution in [3.05, 3.63) is 176 Å². The average Bonchev–Trinajstić information content (AvgIpc) is 3.21. The second kappa shape index (κ2) is 10.6. The van der Waals surface area contributed by atoms with E-state index in [1.165, 1.54) is 108 Å². The molecule has 0 fully saturated rings. The normalized spacial score (nSPS) is 12.9. The van der Waals surface area contributed by atoms with E-state index in [-0.39, 0.29) is 0 Å². The van der Waals surface area contributed by atoms with Gasteiger partial charge in [0.25, 0.3) is 0 Å². The minimum Gasteiger partial charge on any atom is -0.308 e. The maximum absolute atomic E-state index is 2.43. The zero-order chi connectivity index (χ0) is 33.9. The molecule has 12 rings (SSSR count). The van der Waals surface area contributed by atoms with Gasteiger partial charge in [0.2, 0.25) is 0 Å². The molecule has 0 saturated heterocycles. The number of nitrogens with zero attached hydrogens (tertiary/aromatic N) is 1. The van der Waals surface area contributed by atoms with E-state index >= 15 is 0 Å². The maximum atomic E-state index is 2.43. The lowest BCUT2D eigenvalue weighted by atomic mass is 9.89. The highest BCUT2D eigenvalue weighted by Crippen LogP contribution is 2.54. The molecule has 0 N–H and O–H groups in total. The summed E-state index contributed by atoms with van der Waals surface area (Å²) in [4.78, 5) is 4.95. The molecule has 0 amide bonds. The Hall–Kier alpha value is -6.35. The Kier molecular flexibility index (Phi) is 5.77. The van der Waals surface area contributed by atoms with E-state index in [1.807, 2.05) is 11.8 Å². The van der Waals surface area contributed by atoms with Crippen molar-refractivity contribution in [1.29, 1.82) is 0 Å². The van der Waals surface area contributed by atoms with Crippen molar-refractivity contribution in [3.8, 4) is 22.3 Å². The van der Waals surface area contributed by atoms with Gasteiger partial charge in [-0.15, -0.1) is 0 Å². The molecule has 0 atom stereocenters. The van der Waals surface area contributed by atoms with E-state index in [0.717, 1.165) is 5.69 Å². The smallest absolute Gasteiger partial charge is 0.0602 e. The molecule has 0 aliphatic carbocycles. The molecule has 0 saturated carbocycles. The van der Waals surface area contributed by atoms with Crippen molar-refractivity contribution in [2.75, 3.05) is 4.90 Å². The van der Waals surface area contributed by atoms with Crippen molar-refractivity contribution >= 4 is 93.5 Å². The number of hydrogen-bond donors (Lipinski definition) is 0. The molecule has 240 valence electrons. The molecule has 0 unspecified atom stereocenters. The predicted octanol–water partition coefficient (Wildman–Crippen LogP) is 14.7. The fourth-order valence-electron chi connectivity index (χ4n) is 8.97. The van der Waals surface area contributed by atoms with Crippen LogP contribution in [0.4, 0.5) is 17.1 Å². The molecule has 2 heteroatoms. The Morgan fingerprint density at radius 1 is 0.327 bits per heavy atom. The van der Waals surface area contributed by atoms with Gasteiger partial charge in [-0.05, 0) is 123 Å². The highest BCUT2D eigenvalue weighted by Gasteiger charge is 2.26. The van der Waals surface area contributed by atoms with Crippen LogP contribution in [-0.2, 0) is 0 Å². The molecule has 0 aromatic heterocycles. The van der Waals surface area contributed by atoms with Crippen molar-refractivity contribution < 1.29 is 0 Å². The first-order chi connectivity index (χ1) is 25.8. The first kappa shape index (κ1) is 28.4. The third kappa shape index (κ3) is 3.96. The Balaban J connectivity index is 1.04. The topological polar surface area (TPSA) is 3.24 Å². The number of fused-ring (bicyclic) bond motifs is 2. The van der Waals surface area contributed by atoms with Crippen molar-refractivity contribution in [3.63, 3.8) is 0 Å². The number of para-hydroxylation sites is 1. The Morgan fingerprint density at radius 3 is 1.23 bits per heavy atom. The Morgan fingerprint density at radius 2 is 0.750 bits per heavy atom. The minimum atomic E-state index is 1.16. The summed E-state index contributed by atoms with van der Waals surface area (Å²) in [6, 6.07) is 65.6. The van der Waals surface area contributed by atoms with Gasteiger partial charge in [0.1, 0.15) is 0 Å². The van der Waals surface area contributed by atoms with Crippen LogP contribution in [-0.4, -0.2) is 0 Å². The summed E-state index contributed by atoms with van der Waals surface area (Å²) < 4.78 is 0. The highest BCUT2D eigenvalue weighted by molar-refractivity contribution is 7.99. The summed E-state index contributed by atoms with van der Waals surface area (Å²) in [6.45, 7) is 0. The molecule has 11 aromatic carbocycles. The second-order valence-electron chi connectivity index (χ2n) is 14.1. The first-order valence-electron chi connectivity index (χ1n) is 17.9. The molecule has 52 heavy (non-hydrogen) atoms. The van der Waals surface area contributed by atoms with Gasteiger partial charge in [0.15, 0.2) is 0 Å². The number of hydrogen-bond acceptors (Lipinski definition) is 2. The Bertz CT molecular complexity index is 2990. The summed E-state index contributed by atoms with van der Waals surface area (Å²) in [5, 5.41) is 15.8. The minimum absolute atomic E-state index is 1.16. The summed E-state index contributed by atoms with van der Waals surface area (Å²) in [5.41, 5.74) is 8.60. The van der Waals surface area contributed by atoms with Gasteiger partial charge in [-0.25, -0.2) is 0 Å². The van der Waals surface area contributed by atoms with E-state index in [1.54, 1.807) is 0 Å². The summed E-state index contributed by atoms with van der Waals surface area (Å²) in [6.07, 6.45) is 0. The van der Waals surface area contributed by atoms with Crippen molar-refractivity contribution in [2.45, 2.75) is 9.79 Å². The zero-order valence-electron chi connectivity index (χ0n) is 28.1. The number of rotatable bonds is 3. The summed E-state index contributed by atoms with van der Waals surface area (Å²) in [5.74, 6) is 0. The molecule has 11 aromatic rings. The van der Waals surface area contributed by atoms with Crippen LogP contribution in [0.3, 0.4) is 0 Å². The quantitative estimate of drug-likeness (QED) is 0.172. The van der Waals surface area contributed by atoms with Gasteiger partial charge in [-0.1, -0.05) is 151 Å². The first-order valence-corrected chi connectivity index (χ1v) is 18.7. The second-order valence-corrected chi connectivity index (χ2v) is 15.2. The predicted molar refractivity (Wildman–Crippen MR) is 224 cm³/mol. The third-order valence-corrected chi connectivity index (χ3v) is 12.4. The van der Waals surface area contributed by atoms with E-state index in [9.17, 15) is 0 Å². The van der Waals surface area contributed by atoms with Crippen LogP contribution in [0.1, 0.15) is 0 Å². The van der Waals surface area contributed by atoms with Gasteiger partial charge < -0.3 is 4.90 Å². The van der Waals surface area contributed by atoms with E-state index < -0.39 is 0 Å². The van der Waals surface area contributed by atoms with E-state index in [0.29, 0.717) is 0 Å². The average molecular weight is 676 g/mol. The van der Waals surface area contributed by atoms with Crippen LogP contribution in [0.25, 0.3) is 86.9 Å². The fourth-order valence-corrected chi connectivity index (χ4v) is 10.1. The van der Waals surface area contributed by atoms with E-state index in [4.69, 9.17) is 0 Å². The van der Waals surface area contributed by atoms with Crippen LogP contribution >= 0.6 is 11.8 Å². The summed E-state index contributed by atoms with van der Waals surface area (Å²) in [7, 11) is 0. The molecule has 0 bridgehead atoms. The van der Waals surface area contributed by atoms with Gasteiger partial charge in [0, 0.05) is 15.5 Å². The fraction of sp³-hybridized carbons (Fsp3) is 0. The monoisotopic (exact) mass is 675 g/mol. The lowest BCUT2D eigenvalue weighted by Crippen LogP contribution is -2.14. The van der Waals surface area contributed by atoms with Gasteiger partial charge in [0.05, 0.1) is 11.4 Å². The standard InChI is InChI=1S/C50H29NS/c1-2-10-38(11-3-1)51-43-26-20-36(39-22-16-34-14-12-30-6-4-8-32-18-24-41(39)49(34)47(30)32)28-45(43)52-46-29-37(21-27-44(46)51)40-23-17-35-15-13-31-7-5-9-33-19-25-42(40)50(35)48(31)33/h1-29H.